The van der Waals surface area contributed by atoms with Crippen LogP contribution in [0.5, 0.6) is 0 Å². The molecule has 0 unspecified atom stereocenters. The first-order chi connectivity index (χ1) is 12.1. The first kappa shape index (κ1) is 18.8. The Hall–Kier alpha value is -0.980. The summed E-state index contributed by atoms with van der Waals surface area (Å²) in [5, 5.41) is 3.43. The van der Waals surface area contributed by atoms with Gasteiger partial charge in [0.15, 0.2) is 0 Å². The molecule has 6 heteroatoms. The summed E-state index contributed by atoms with van der Waals surface area (Å²) in [6.07, 6.45) is 4.19. The SMILES string of the molecule is CC(C)c1csc(CN2CCC[C@H](CCC(=O)N3CCOCC3)C2)n1. The zero-order valence-electron chi connectivity index (χ0n) is 15.6. The molecule has 3 rings (SSSR count). The number of morpholine rings is 1. The van der Waals surface area contributed by atoms with Gasteiger partial charge in [-0.25, -0.2) is 4.98 Å². The van der Waals surface area contributed by atoms with Gasteiger partial charge in [0.1, 0.15) is 5.01 Å². The van der Waals surface area contributed by atoms with Gasteiger partial charge in [0, 0.05) is 31.4 Å². The molecule has 1 aromatic heterocycles. The topological polar surface area (TPSA) is 45.7 Å². The van der Waals surface area contributed by atoms with Crippen molar-refractivity contribution >= 4 is 17.2 Å². The van der Waals surface area contributed by atoms with Crippen LogP contribution in [0.4, 0.5) is 0 Å². The summed E-state index contributed by atoms with van der Waals surface area (Å²) in [7, 11) is 0. The molecule has 5 nitrogen and oxygen atoms in total. The van der Waals surface area contributed by atoms with E-state index in [2.05, 4.69) is 24.1 Å². The van der Waals surface area contributed by atoms with E-state index in [0.29, 0.717) is 37.4 Å². The van der Waals surface area contributed by atoms with E-state index in [0.717, 1.165) is 39.1 Å². The molecule has 2 aliphatic rings. The van der Waals surface area contributed by atoms with Crippen LogP contribution in [0.25, 0.3) is 0 Å². The number of hydrogen-bond acceptors (Lipinski definition) is 5. The average Bonchev–Trinajstić information content (AvgIpc) is 3.09. The first-order valence-electron chi connectivity index (χ1n) is 9.64. The summed E-state index contributed by atoms with van der Waals surface area (Å²) in [6, 6.07) is 0. The highest BCUT2D eigenvalue weighted by atomic mass is 32.1. The molecule has 0 spiro atoms. The Morgan fingerprint density at radius 3 is 2.88 bits per heavy atom. The third kappa shape index (κ3) is 5.50. The maximum Gasteiger partial charge on any atom is 0.222 e. The van der Waals surface area contributed by atoms with Crippen molar-refractivity contribution in [3.8, 4) is 0 Å². The van der Waals surface area contributed by atoms with Gasteiger partial charge in [-0.3, -0.25) is 9.69 Å². The van der Waals surface area contributed by atoms with Gasteiger partial charge in [0.05, 0.1) is 25.5 Å². The third-order valence-electron chi connectivity index (χ3n) is 5.25. The molecule has 1 amide bonds. The van der Waals surface area contributed by atoms with Crippen molar-refractivity contribution in [3.63, 3.8) is 0 Å². The Balaban J connectivity index is 1.43. The number of likely N-dealkylation sites (tertiary alicyclic amines) is 1. The Labute approximate surface area is 155 Å². The predicted octanol–water partition coefficient (Wildman–Crippen LogP) is 3.12. The average molecular weight is 366 g/mol. The second-order valence-corrected chi connectivity index (χ2v) is 8.54. The highest BCUT2D eigenvalue weighted by molar-refractivity contribution is 7.09. The van der Waals surface area contributed by atoms with E-state index >= 15 is 0 Å². The Morgan fingerprint density at radius 2 is 2.16 bits per heavy atom. The number of nitrogens with zero attached hydrogens (tertiary/aromatic N) is 3. The molecule has 0 N–H and O–H groups in total. The molecule has 25 heavy (non-hydrogen) atoms. The standard InChI is InChI=1S/C19H31N3O2S/c1-15(2)17-14-25-18(20-17)13-21-7-3-4-16(12-21)5-6-19(23)22-8-10-24-11-9-22/h14-16H,3-13H2,1-2H3/t16-/m1/s1. The van der Waals surface area contributed by atoms with Gasteiger partial charge in [0.2, 0.25) is 5.91 Å². The van der Waals surface area contributed by atoms with Gasteiger partial charge in [0.25, 0.3) is 0 Å². The molecular weight excluding hydrogens is 334 g/mol. The Bertz CT molecular complexity index is 555. The number of hydrogen-bond donors (Lipinski definition) is 0. The molecular formula is C19H31N3O2S. The summed E-state index contributed by atoms with van der Waals surface area (Å²) in [4.78, 5) is 21.6. The third-order valence-corrected chi connectivity index (χ3v) is 6.11. The van der Waals surface area contributed by atoms with Crippen molar-refractivity contribution in [2.75, 3.05) is 39.4 Å². The minimum Gasteiger partial charge on any atom is -0.378 e. The fraction of sp³-hybridized carbons (Fsp3) is 0.789. The maximum absolute atomic E-state index is 12.3. The van der Waals surface area contributed by atoms with E-state index in [1.807, 2.05) is 4.90 Å². The van der Waals surface area contributed by atoms with Crippen LogP contribution in [0.3, 0.4) is 0 Å². The molecule has 2 aliphatic heterocycles. The van der Waals surface area contributed by atoms with Crippen LogP contribution in [-0.2, 0) is 16.1 Å². The van der Waals surface area contributed by atoms with E-state index in [1.165, 1.54) is 23.5 Å². The minimum atomic E-state index is 0.307. The van der Waals surface area contributed by atoms with Gasteiger partial charge in [-0.2, -0.15) is 0 Å². The largest absolute Gasteiger partial charge is 0.378 e. The Morgan fingerprint density at radius 1 is 1.36 bits per heavy atom. The number of amides is 1. The lowest BCUT2D eigenvalue weighted by Crippen LogP contribution is -2.41. The maximum atomic E-state index is 12.3. The second-order valence-electron chi connectivity index (χ2n) is 7.60. The van der Waals surface area contributed by atoms with Crippen LogP contribution < -0.4 is 0 Å². The van der Waals surface area contributed by atoms with Gasteiger partial charge in [-0.15, -0.1) is 11.3 Å². The van der Waals surface area contributed by atoms with Crippen LogP contribution in [0.1, 0.15) is 56.2 Å². The quantitative estimate of drug-likeness (QED) is 0.777. The molecule has 140 valence electrons. The van der Waals surface area contributed by atoms with Gasteiger partial charge in [-0.05, 0) is 37.6 Å². The monoisotopic (exact) mass is 365 g/mol. The van der Waals surface area contributed by atoms with Crippen molar-refractivity contribution in [2.45, 2.75) is 52.0 Å². The van der Waals surface area contributed by atoms with E-state index in [4.69, 9.17) is 9.72 Å². The summed E-state index contributed by atoms with van der Waals surface area (Å²) < 4.78 is 5.33. The number of thiazole rings is 1. The smallest absolute Gasteiger partial charge is 0.222 e. The molecule has 2 saturated heterocycles. The van der Waals surface area contributed by atoms with Gasteiger partial charge in [-0.1, -0.05) is 13.8 Å². The normalized spacial score (nSPS) is 22.5. The van der Waals surface area contributed by atoms with Crippen molar-refractivity contribution in [2.24, 2.45) is 5.92 Å². The molecule has 3 heterocycles. The molecule has 0 bridgehead atoms. The van der Waals surface area contributed by atoms with Gasteiger partial charge < -0.3 is 9.64 Å². The molecule has 0 aliphatic carbocycles. The number of carbonyl (C=O) groups is 1. The first-order valence-corrected chi connectivity index (χ1v) is 10.5. The second kappa shape index (κ2) is 9.10. The van der Waals surface area contributed by atoms with Crippen LogP contribution in [-0.4, -0.2) is 60.1 Å². The van der Waals surface area contributed by atoms with Crippen LogP contribution in [0.15, 0.2) is 5.38 Å². The van der Waals surface area contributed by atoms with Crippen molar-refractivity contribution < 1.29 is 9.53 Å². The zero-order chi connectivity index (χ0) is 17.6. The highest BCUT2D eigenvalue weighted by Gasteiger charge is 2.23. The number of aromatic nitrogens is 1. The van der Waals surface area contributed by atoms with Gasteiger partial charge >= 0.3 is 0 Å². The fourth-order valence-electron chi connectivity index (χ4n) is 3.68. The lowest BCUT2D eigenvalue weighted by Gasteiger charge is -2.33. The van der Waals surface area contributed by atoms with Crippen LogP contribution >= 0.6 is 11.3 Å². The van der Waals surface area contributed by atoms with Crippen molar-refractivity contribution in [1.29, 1.82) is 0 Å². The van der Waals surface area contributed by atoms with E-state index in [9.17, 15) is 4.79 Å². The minimum absolute atomic E-state index is 0.307. The molecule has 0 radical (unpaired) electrons. The summed E-state index contributed by atoms with van der Waals surface area (Å²) in [6.45, 7) is 10.5. The molecule has 0 saturated carbocycles. The fourth-order valence-corrected chi connectivity index (χ4v) is 4.68. The van der Waals surface area contributed by atoms with Crippen molar-refractivity contribution in [1.82, 2.24) is 14.8 Å². The predicted molar refractivity (Wildman–Crippen MR) is 101 cm³/mol. The molecule has 1 atom stereocenters. The molecule has 2 fully saturated rings. The summed E-state index contributed by atoms with van der Waals surface area (Å²) >= 11 is 1.78. The highest BCUT2D eigenvalue weighted by Crippen LogP contribution is 2.25. The number of piperidine rings is 1. The zero-order valence-corrected chi connectivity index (χ0v) is 16.4. The summed E-state index contributed by atoms with van der Waals surface area (Å²) in [5.74, 6) is 1.45. The van der Waals surface area contributed by atoms with Crippen molar-refractivity contribution in [3.05, 3.63) is 16.1 Å². The number of carbonyl (C=O) groups excluding carboxylic acids is 1. The lowest BCUT2D eigenvalue weighted by atomic mass is 9.93. The summed E-state index contributed by atoms with van der Waals surface area (Å²) in [5.41, 5.74) is 1.21. The van der Waals surface area contributed by atoms with E-state index < -0.39 is 0 Å². The van der Waals surface area contributed by atoms with E-state index in [1.54, 1.807) is 11.3 Å². The number of ether oxygens (including phenoxy) is 1. The lowest BCUT2D eigenvalue weighted by molar-refractivity contribution is -0.135. The van der Waals surface area contributed by atoms with Crippen LogP contribution in [0.2, 0.25) is 0 Å². The molecule has 0 aromatic carbocycles. The number of rotatable bonds is 6. The Kier molecular flexibility index (Phi) is 6.84. The molecule has 1 aromatic rings. The van der Waals surface area contributed by atoms with Crippen LogP contribution in [0, 0.1) is 5.92 Å². The van der Waals surface area contributed by atoms with E-state index in [-0.39, 0.29) is 0 Å².